The smallest absolute Gasteiger partial charge is 0.320 e. The van der Waals surface area contributed by atoms with Crippen molar-refractivity contribution in [1.29, 1.82) is 0 Å². The second-order valence-corrected chi connectivity index (χ2v) is 3.98. The Labute approximate surface area is 97.6 Å². The van der Waals surface area contributed by atoms with E-state index in [9.17, 15) is 4.79 Å². The van der Waals surface area contributed by atoms with Gasteiger partial charge in [0.1, 0.15) is 6.04 Å². The van der Waals surface area contributed by atoms with Gasteiger partial charge in [-0.2, -0.15) is 0 Å². The lowest BCUT2D eigenvalue weighted by molar-refractivity contribution is -0.139. The molecule has 0 unspecified atom stereocenters. The van der Waals surface area contributed by atoms with Crippen LogP contribution >= 0.6 is 0 Å². The second kappa shape index (κ2) is 10.9. The summed E-state index contributed by atoms with van der Waals surface area (Å²) in [6, 6.07) is -0.446. The number of carboxylic acid groups (broad SMARTS) is 1. The van der Waals surface area contributed by atoms with Crippen molar-refractivity contribution < 1.29 is 9.90 Å². The molecule has 5 heteroatoms. The zero-order valence-corrected chi connectivity index (χ0v) is 9.95. The van der Waals surface area contributed by atoms with Gasteiger partial charge in [0.05, 0.1) is 0 Å². The van der Waals surface area contributed by atoms with E-state index in [1.165, 1.54) is 0 Å². The maximum atomic E-state index is 10.9. The monoisotopic (exact) mass is 231 g/mol. The van der Waals surface area contributed by atoms with E-state index in [4.69, 9.17) is 16.6 Å². The molecule has 0 rings (SSSR count). The Morgan fingerprint density at radius 1 is 1.06 bits per heavy atom. The molecule has 0 radical (unpaired) electrons. The molecule has 0 amide bonds. The van der Waals surface area contributed by atoms with E-state index < -0.39 is 12.0 Å². The summed E-state index contributed by atoms with van der Waals surface area (Å²) in [6.07, 6.45) is 5.64. The third-order valence-electron chi connectivity index (χ3n) is 2.52. The minimum atomic E-state index is -0.782. The average Bonchev–Trinajstić information content (AvgIpc) is 2.26. The standard InChI is InChI=1S/C11H25N3O2/c12-7-3-1-2-4-9-14-10(11(15)16)6-5-8-13/h10,14H,1-9,12-13H2,(H,15,16)/t10-/m0/s1. The third-order valence-corrected chi connectivity index (χ3v) is 2.52. The van der Waals surface area contributed by atoms with Gasteiger partial charge in [0.15, 0.2) is 0 Å². The highest BCUT2D eigenvalue weighted by atomic mass is 16.4. The molecule has 0 spiro atoms. The van der Waals surface area contributed by atoms with Crippen molar-refractivity contribution in [3.63, 3.8) is 0 Å². The van der Waals surface area contributed by atoms with Crippen LogP contribution in [0.15, 0.2) is 0 Å². The molecule has 6 N–H and O–H groups in total. The summed E-state index contributed by atoms with van der Waals surface area (Å²) in [5.74, 6) is -0.782. The maximum Gasteiger partial charge on any atom is 0.320 e. The second-order valence-electron chi connectivity index (χ2n) is 3.98. The largest absolute Gasteiger partial charge is 0.480 e. The van der Waals surface area contributed by atoms with Gasteiger partial charge < -0.3 is 21.9 Å². The SMILES string of the molecule is NCCCCCCN[C@@H](CCCN)C(=O)O. The molecule has 1 atom stereocenters. The van der Waals surface area contributed by atoms with Crippen LogP contribution in [0.5, 0.6) is 0 Å². The predicted octanol–water partition coefficient (Wildman–Crippen LogP) is 0.287. The molecule has 96 valence electrons. The number of hydrogen-bond acceptors (Lipinski definition) is 4. The van der Waals surface area contributed by atoms with E-state index >= 15 is 0 Å². The first-order valence-electron chi connectivity index (χ1n) is 6.08. The third kappa shape index (κ3) is 8.64. The van der Waals surface area contributed by atoms with Crippen molar-refractivity contribution in [1.82, 2.24) is 5.32 Å². The van der Waals surface area contributed by atoms with Crippen LogP contribution < -0.4 is 16.8 Å². The molecule has 0 aliphatic rings. The van der Waals surface area contributed by atoms with Crippen molar-refractivity contribution >= 4 is 5.97 Å². The van der Waals surface area contributed by atoms with Gasteiger partial charge in [-0.3, -0.25) is 4.79 Å². The Bertz CT molecular complexity index is 177. The molecule has 5 nitrogen and oxygen atoms in total. The van der Waals surface area contributed by atoms with Crippen LogP contribution in [0.3, 0.4) is 0 Å². The van der Waals surface area contributed by atoms with E-state index in [1.54, 1.807) is 0 Å². The molecule has 0 aromatic rings. The lowest BCUT2D eigenvalue weighted by Crippen LogP contribution is -2.37. The number of carbonyl (C=O) groups is 1. The zero-order valence-electron chi connectivity index (χ0n) is 9.95. The Kier molecular flexibility index (Phi) is 10.4. The first-order valence-corrected chi connectivity index (χ1v) is 6.08. The Balaban J connectivity index is 3.48. The van der Waals surface area contributed by atoms with Crippen LogP contribution in [0.25, 0.3) is 0 Å². The van der Waals surface area contributed by atoms with E-state index in [0.29, 0.717) is 13.0 Å². The number of hydrogen-bond donors (Lipinski definition) is 4. The molecule has 0 aromatic carbocycles. The quantitative estimate of drug-likeness (QED) is 0.383. The van der Waals surface area contributed by atoms with Crippen LogP contribution in [0.4, 0.5) is 0 Å². The summed E-state index contributed by atoms with van der Waals surface area (Å²) < 4.78 is 0. The molecule has 0 heterocycles. The van der Waals surface area contributed by atoms with Crippen LogP contribution in [0, 0.1) is 0 Å². The van der Waals surface area contributed by atoms with Gasteiger partial charge in [0.25, 0.3) is 0 Å². The van der Waals surface area contributed by atoms with Crippen molar-refractivity contribution in [2.75, 3.05) is 19.6 Å². The summed E-state index contributed by atoms with van der Waals surface area (Å²) in [6.45, 7) is 2.04. The van der Waals surface area contributed by atoms with Crippen molar-refractivity contribution in [3.8, 4) is 0 Å². The van der Waals surface area contributed by atoms with Gasteiger partial charge in [0, 0.05) is 0 Å². The van der Waals surface area contributed by atoms with E-state index in [2.05, 4.69) is 5.32 Å². The number of aliphatic carboxylic acids is 1. The molecule has 0 fully saturated rings. The molecule has 0 aliphatic carbocycles. The summed E-state index contributed by atoms with van der Waals surface area (Å²) >= 11 is 0. The molecule has 0 aliphatic heterocycles. The van der Waals surface area contributed by atoms with Gasteiger partial charge in [-0.25, -0.2) is 0 Å². The van der Waals surface area contributed by atoms with Gasteiger partial charge in [-0.15, -0.1) is 0 Å². The molecule has 0 saturated heterocycles. The Morgan fingerprint density at radius 3 is 2.25 bits per heavy atom. The lowest BCUT2D eigenvalue weighted by Gasteiger charge is -2.13. The first kappa shape index (κ1) is 15.3. The van der Waals surface area contributed by atoms with Gasteiger partial charge >= 0.3 is 5.97 Å². The summed E-state index contributed by atoms with van der Waals surface area (Å²) in [5, 5.41) is 12.0. The fourth-order valence-electron chi connectivity index (χ4n) is 1.53. The van der Waals surface area contributed by atoms with Gasteiger partial charge in [0.2, 0.25) is 0 Å². The highest BCUT2D eigenvalue weighted by molar-refractivity contribution is 5.73. The van der Waals surface area contributed by atoms with Crippen LogP contribution in [0.2, 0.25) is 0 Å². The van der Waals surface area contributed by atoms with E-state index in [-0.39, 0.29) is 0 Å². The number of nitrogens with one attached hydrogen (secondary N) is 1. The Morgan fingerprint density at radius 2 is 1.69 bits per heavy atom. The molecule has 0 aromatic heterocycles. The number of unbranched alkanes of at least 4 members (excludes halogenated alkanes) is 3. The van der Waals surface area contributed by atoms with Gasteiger partial charge in [-0.1, -0.05) is 12.8 Å². The fourth-order valence-corrected chi connectivity index (χ4v) is 1.53. The lowest BCUT2D eigenvalue weighted by atomic mass is 10.1. The predicted molar refractivity (Wildman–Crippen MR) is 65.2 cm³/mol. The van der Waals surface area contributed by atoms with E-state index in [0.717, 1.165) is 45.2 Å². The van der Waals surface area contributed by atoms with Crippen molar-refractivity contribution in [2.24, 2.45) is 11.5 Å². The molecular formula is C11H25N3O2. The van der Waals surface area contributed by atoms with E-state index in [1.807, 2.05) is 0 Å². The van der Waals surface area contributed by atoms with Crippen LogP contribution in [-0.2, 0) is 4.79 Å². The van der Waals surface area contributed by atoms with Gasteiger partial charge in [-0.05, 0) is 45.3 Å². The highest BCUT2D eigenvalue weighted by Gasteiger charge is 2.14. The van der Waals surface area contributed by atoms with Crippen molar-refractivity contribution in [3.05, 3.63) is 0 Å². The normalized spacial score (nSPS) is 12.6. The maximum absolute atomic E-state index is 10.9. The number of nitrogens with two attached hydrogens (primary N) is 2. The molecule has 0 bridgehead atoms. The molecular weight excluding hydrogens is 206 g/mol. The first-order chi connectivity index (χ1) is 7.72. The zero-order chi connectivity index (χ0) is 12.2. The van der Waals surface area contributed by atoms with Crippen molar-refractivity contribution in [2.45, 2.75) is 44.6 Å². The minimum absolute atomic E-state index is 0.446. The minimum Gasteiger partial charge on any atom is -0.480 e. The average molecular weight is 231 g/mol. The highest BCUT2D eigenvalue weighted by Crippen LogP contribution is 2.00. The fraction of sp³-hybridized carbons (Fsp3) is 0.909. The van der Waals surface area contributed by atoms with Crippen LogP contribution in [0.1, 0.15) is 38.5 Å². The molecule has 0 saturated carbocycles. The number of carboxylic acids is 1. The molecule has 16 heavy (non-hydrogen) atoms. The summed E-state index contributed by atoms with van der Waals surface area (Å²) in [7, 11) is 0. The number of rotatable bonds is 11. The Hall–Kier alpha value is -0.650. The summed E-state index contributed by atoms with van der Waals surface area (Å²) in [5.41, 5.74) is 10.7. The van der Waals surface area contributed by atoms with Crippen LogP contribution in [-0.4, -0.2) is 36.8 Å². The topological polar surface area (TPSA) is 101 Å². The summed E-state index contributed by atoms with van der Waals surface area (Å²) in [4.78, 5) is 10.9.